The van der Waals surface area contributed by atoms with Crippen molar-refractivity contribution in [3.05, 3.63) is 33.6 Å². The summed E-state index contributed by atoms with van der Waals surface area (Å²) in [5.74, 6) is -0.420. The first-order valence-electron chi connectivity index (χ1n) is 3.97. The van der Waals surface area contributed by atoms with Crippen LogP contribution in [-0.2, 0) is 5.41 Å². The maximum atomic E-state index is 13.1. The summed E-state index contributed by atoms with van der Waals surface area (Å²) in [5.41, 5.74) is 0.610. The van der Waals surface area contributed by atoms with Gasteiger partial charge in [-0.25, -0.2) is 4.39 Å². The van der Waals surface area contributed by atoms with Gasteiger partial charge in [0.15, 0.2) is 0 Å². The molecule has 72 valence electrons. The van der Waals surface area contributed by atoms with Gasteiger partial charge in [-0.1, -0.05) is 44.0 Å². The van der Waals surface area contributed by atoms with Gasteiger partial charge in [0.05, 0.1) is 5.02 Å². The Morgan fingerprint density at radius 3 is 2.08 bits per heavy atom. The summed E-state index contributed by atoms with van der Waals surface area (Å²) in [7, 11) is 0. The minimum absolute atomic E-state index is 0.0676. The molecule has 13 heavy (non-hydrogen) atoms. The zero-order valence-electron chi connectivity index (χ0n) is 7.79. The molecule has 0 saturated heterocycles. The minimum atomic E-state index is -0.420. The fraction of sp³-hybridized carbons (Fsp3) is 0.400. The second-order valence-electron chi connectivity index (χ2n) is 4.00. The Balaban J connectivity index is 3.32. The van der Waals surface area contributed by atoms with Gasteiger partial charge in [-0.3, -0.25) is 0 Å². The summed E-state index contributed by atoms with van der Waals surface area (Å²) in [6.07, 6.45) is 0. The van der Waals surface area contributed by atoms with E-state index in [0.29, 0.717) is 5.02 Å². The van der Waals surface area contributed by atoms with Crippen molar-refractivity contribution < 1.29 is 4.39 Å². The van der Waals surface area contributed by atoms with Crippen LogP contribution >= 0.6 is 23.2 Å². The lowest BCUT2D eigenvalue weighted by Gasteiger charge is -2.20. The van der Waals surface area contributed by atoms with Gasteiger partial charge < -0.3 is 0 Å². The van der Waals surface area contributed by atoms with E-state index in [-0.39, 0.29) is 10.4 Å². The Morgan fingerprint density at radius 1 is 1.08 bits per heavy atom. The SMILES string of the molecule is CC(C)(C)c1cc(F)c(Cl)cc1Cl. The van der Waals surface area contributed by atoms with E-state index < -0.39 is 5.82 Å². The lowest BCUT2D eigenvalue weighted by molar-refractivity contribution is 0.572. The molecule has 0 atom stereocenters. The molecule has 0 aromatic heterocycles. The first kappa shape index (κ1) is 10.8. The van der Waals surface area contributed by atoms with Gasteiger partial charge in [-0.2, -0.15) is 0 Å². The Labute approximate surface area is 87.7 Å². The summed E-state index contributed by atoms with van der Waals surface area (Å²) in [6.45, 7) is 5.92. The van der Waals surface area contributed by atoms with Crippen molar-refractivity contribution in [1.29, 1.82) is 0 Å². The average molecular weight is 221 g/mol. The third-order valence-electron chi connectivity index (χ3n) is 1.82. The summed E-state index contributed by atoms with van der Waals surface area (Å²) >= 11 is 11.5. The molecule has 1 rings (SSSR count). The highest BCUT2D eigenvalue weighted by molar-refractivity contribution is 6.35. The maximum absolute atomic E-state index is 13.1. The van der Waals surface area contributed by atoms with E-state index in [1.165, 1.54) is 12.1 Å². The zero-order chi connectivity index (χ0) is 10.2. The van der Waals surface area contributed by atoms with Gasteiger partial charge in [0.2, 0.25) is 0 Å². The molecule has 0 radical (unpaired) electrons. The predicted octanol–water partition coefficient (Wildman–Crippen LogP) is 4.43. The molecule has 0 nitrogen and oxygen atoms in total. The monoisotopic (exact) mass is 220 g/mol. The van der Waals surface area contributed by atoms with Crippen LogP contribution in [0.15, 0.2) is 12.1 Å². The summed E-state index contributed by atoms with van der Waals surface area (Å²) in [4.78, 5) is 0. The molecule has 0 spiro atoms. The van der Waals surface area contributed by atoms with E-state index in [2.05, 4.69) is 0 Å². The van der Waals surface area contributed by atoms with E-state index in [1.54, 1.807) is 0 Å². The van der Waals surface area contributed by atoms with Crippen LogP contribution in [0.2, 0.25) is 10.0 Å². The Hall–Kier alpha value is -0.270. The van der Waals surface area contributed by atoms with Crippen LogP contribution in [0.4, 0.5) is 4.39 Å². The highest BCUT2D eigenvalue weighted by atomic mass is 35.5. The molecule has 0 saturated carbocycles. The van der Waals surface area contributed by atoms with E-state index in [0.717, 1.165) is 5.56 Å². The molecule has 0 unspecified atom stereocenters. The minimum Gasteiger partial charge on any atom is -0.205 e. The van der Waals surface area contributed by atoms with Gasteiger partial charge in [0, 0.05) is 5.02 Å². The highest BCUT2D eigenvalue weighted by Gasteiger charge is 2.19. The lowest BCUT2D eigenvalue weighted by Crippen LogP contribution is -2.12. The van der Waals surface area contributed by atoms with Crippen LogP contribution < -0.4 is 0 Å². The fourth-order valence-corrected chi connectivity index (χ4v) is 1.76. The van der Waals surface area contributed by atoms with Gasteiger partial charge >= 0.3 is 0 Å². The first-order valence-corrected chi connectivity index (χ1v) is 4.73. The van der Waals surface area contributed by atoms with Crippen LogP contribution in [0.1, 0.15) is 26.3 Å². The van der Waals surface area contributed by atoms with Crippen molar-refractivity contribution in [3.63, 3.8) is 0 Å². The Bertz CT molecular complexity index is 326. The molecule has 3 heteroatoms. The number of hydrogen-bond donors (Lipinski definition) is 0. The topological polar surface area (TPSA) is 0 Å². The molecular weight excluding hydrogens is 210 g/mol. The van der Waals surface area contributed by atoms with Crippen molar-refractivity contribution in [2.24, 2.45) is 0 Å². The van der Waals surface area contributed by atoms with Crippen molar-refractivity contribution in [2.75, 3.05) is 0 Å². The molecule has 0 amide bonds. The summed E-state index contributed by atoms with van der Waals surface area (Å²) < 4.78 is 13.1. The lowest BCUT2D eigenvalue weighted by atomic mass is 9.87. The van der Waals surface area contributed by atoms with Crippen LogP contribution in [0.5, 0.6) is 0 Å². The fourth-order valence-electron chi connectivity index (χ4n) is 1.10. The molecule has 1 aromatic rings. The number of rotatable bonds is 0. The number of benzene rings is 1. The quantitative estimate of drug-likeness (QED) is 0.568. The van der Waals surface area contributed by atoms with Gasteiger partial charge in [-0.15, -0.1) is 0 Å². The molecule has 1 aromatic carbocycles. The van der Waals surface area contributed by atoms with Crippen LogP contribution in [0.25, 0.3) is 0 Å². The predicted molar refractivity (Wildman–Crippen MR) is 55.1 cm³/mol. The summed E-state index contributed by atoms with van der Waals surface area (Å²) in [5, 5.41) is 0.580. The van der Waals surface area contributed by atoms with Crippen molar-refractivity contribution in [2.45, 2.75) is 26.2 Å². The van der Waals surface area contributed by atoms with Gasteiger partial charge in [0.25, 0.3) is 0 Å². The second kappa shape index (κ2) is 3.47. The third-order valence-corrected chi connectivity index (χ3v) is 2.42. The smallest absolute Gasteiger partial charge is 0.142 e. The van der Waals surface area contributed by atoms with Crippen LogP contribution in [0.3, 0.4) is 0 Å². The molecule has 0 fully saturated rings. The molecule has 0 aliphatic carbocycles. The number of halogens is 3. The van der Waals surface area contributed by atoms with Gasteiger partial charge in [0.1, 0.15) is 5.82 Å². The Morgan fingerprint density at radius 2 is 1.62 bits per heavy atom. The van der Waals surface area contributed by atoms with Crippen LogP contribution in [-0.4, -0.2) is 0 Å². The molecule has 0 heterocycles. The first-order chi connectivity index (χ1) is 5.82. The van der Waals surface area contributed by atoms with Crippen molar-refractivity contribution in [1.82, 2.24) is 0 Å². The van der Waals surface area contributed by atoms with E-state index >= 15 is 0 Å². The van der Waals surface area contributed by atoms with Gasteiger partial charge in [-0.05, 0) is 23.1 Å². The van der Waals surface area contributed by atoms with Crippen molar-refractivity contribution >= 4 is 23.2 Å². The highest BCUT2D eigenvalue weighted by Crippen LogP contribution is 2.32. The van der Waals surface area contributed by atoms with Crippen LogP contribution in [0, 0.1) is 5.82 Å². The standard InChI is InChI=1S/C10H11Cl2F/c1-10(2,3)6-4-9(13)8(12)5-7(6)11/h4-5H,1-3H3. The Kier molecular flexibility index (Phi) is 2.88. The normalized spacial score (nSPS) is 11.8. The molecule has 0 aliphatic heterocycles. The largest absolute Gasteiger partial charge is 0.205 e. The second-order valence-corrected chi connectivity index (χ2v) is 4.81. The maximum Gasteiger partial charge on any atom is 0.142 e. The van der Waals surface area contributed by atoms with Crippen molar-refractivity contribution in [3.8, 4) is 0 Å². The third kappa shape index (κ3) is 2.35. The molecule has 0 bridgehead atoms. The van der Waals surface area contributed by atoms with E-state index in [4.69, 9.17) is 23.2 Å². The van der Waals surface area contributed by atoms with E-state index in [1.807, 2.05) is 20.8 Å². The average Bonchev–Trinajstić information content (AvgIpc) is 1.94. The zero-order valence-corrected chi connectivity index (χ0v) is 9.30. The summed E-state index contributed by atoms with van der Waals surface area (Å²) in [6, 6.07) is 2.84. The van der Waals surface area contributed by atoms with E-state index in [9.17, 15) is 4.39 Å². The molecule has 0 N–H and O–H groups in total. The molecular formula is C10H11Cl2F. The number of hydrogen-bond acceptors (Lipinski definition) is 0. The molecule has 0 aliphatic rings.